The Kier molecular flexibility index (Phi) is 2.74. The van der Waals surface area contributed by atoms with Crippen LogP contribution in [0.25, 0.3) is 0 Å². The molecule has 0 fully saturated rings. The molecule has 3 heteroatoms. The van der Waals surface area contributed by atoms with Crippen LogP contribution in [0.1, 0.15) is 0 Å². The van der Waals surface area contributed by atoms with E-state index >= 15 is 0 Å². The van der Waals surface area contributed by atoms with Gasteiger partial charge in [-0.05, 0) is 0 Å². The third-order valence-corrected chi connectivity index (χ3v) is 1.30. The van der Waals surface area contributed by atoms with Crippen LogP contribution in [0, 0.1) is 0 Å². The van der Waals surface area contributed by atoms with Gasteiger partial charge in [0.25, 0.3) is 0 Å². The first-order valence-corrected chi connectivity index (χ1v) is 4.46. The molecule has 0 heterocycles. The van der Waals surface area contributed by atoms with Crippen LogP contribution in [0.2, 0.25) is 0 Å². The molecule has 0 aliphatic rings. The SMILES string of the molecule is O=[C]([SnH])Oc1ccccc1. The Morgan fingerprint density at radius 1 is 1.30 bits per heavy atom. The van der Waals surface area contributed by atoms with Crippen LogP contribution in [-0.2, 0) is 0 Å². The summed E-state index contributed by atoms with van der Waals surface area (Å²) in [6, 6.07) is 9.06. The number of rotatable bonds is 1. The van der Waals surface area contributed by atoms with Gasteiger partial charge in [0.2, 0.25) is 0 Å². The van der Waals surface area contributed by atoms with Gasteiger partial charge in [-0.25, -0.2) is 0 Å². The predicted molar refractivity (Wildman–Crippen MR) is 39.6 cm³/mol. The first kappa shape index (κ1) is 7.59. The molecular formula is C7H6O2Sn. The maximum absolute atomic E-state index is 10.4. The average molecular weight is 241 g/mol. The molecule has 0 N–H and O–H groups in total. The van der Waals surface area contributed by atoms with Crippen LogP contribution in [0.3, 0.4) is 0 Å². The molecule has 2 nitrogen and oxygen atoms in total. The molecule has 0 saturated heterocycles. The monoisotopic (exact) mass is 242 g/mol. The van der Waals surface area contributed by atoms with E-state index in [0.717, 1.165) is 0 Å². The van der Waals surface area contributed by atoms with Gasteiger partial charge in [-0.15, -0.1) is 0 Å². The molecule has 2 radical (unpaired) electrons. The third kappa shape index (κ3) is 2.39. The van der Waals surface area contributed by atoms with Gasteiger partial charge in [-0.1, -0.05) is 0 Å². The van der Waals surface area contributed by atoms with Crippen molar-refractivity contribution in [3.63, 3.8) is 0 Å². The number of hydrogen-bond donors (Lipinski definition) is 0. The summed E-state index contributed by atoms with van der Waals surface area (Å²) in [5, 5.41) is 0. The van der Waals surface area contributed by atoms with Gasteiger partial charge in [0, 0.05) is 0 Å². The zero-order chi connectivity index (χ0) is 7.40. The zero-order valence-corrected chi connectivity index (χ0v) is 8.58. The Hall–Kier alpha value is -0.511. The number of carbonyl (C=O) groups excluding carboxylic acids is 1. The number of ether oxygens (including phenoxy) is 1. The van der Waals surface area contributed by atoms with Crippen LogP contribution < -0.4 is 4.74 Å². The van der Waals surface area contributed by atoms with Crippen molar-refractivity contribution in [2.75, 3.05) is 0 Å². The summed E-state index contributed by atoms with van der Waals surface area (Å²) in [5.74, 6) is 0.625. The standard InChI is InChI=1S/C7H5O2.Sn.H/c8-6-9-7-4-2-1-3-5-7;;/h1-5H;;. The van der Waals surface area contributed by atoms with Gasteiger partial charge < -0.3 is 0 Å². The fraction of sp³-hybridized carbons (Fsp3) is 0. The van der Waals surface area contributed by atoms with Gasteiger partial charge in [0.15, 0.2) is 0 Å². The van der Waals surface area contributed by atoms with Crippen molar-refractivity contribution in [2.45, 2.75) is 0 Å². The molecule has 0 amide bonds. The summed E-state index contributed by atoms with van der Waals surface area (Å²) in [4.78, 5) is 10.4. The summed E-state index contributed by atoms with van der Waals surface area (Å²) in [5.41, 5.74) is 0. The van der Waals surface area contributed by atoms with Crippen molar-refractivity contribution in [1.29, 1.82) is 0 Å². The van der Waals surface area contributed by atoms with Crippen LogP contribution in [-0.4, -0.2) is 26.5 Å². The predicted octanol–water partition coefficient (Wildman–Crippen LogP) is 1.09. The molecule has 50 valence electrons. The second-order valence-corrected chi connectivity index (χ2v) is 3.08. The molecule has 0 aliphatic carbocycles. The van der Waals surface area contributed by atoms with Gasteiger partial charge >= 0.3 is 72.1 Å². The quantitative estimate of drug-likeness (QED) is 0.687. The molecule has 1 rings (SSSR count). The van der Waals surface area contributed by atoms with E-state index in [1.807, 2.05) is 18.2 Å². The summed E-state index contributed by atoms with van der Waals surface area (Å²) < 4.78 is 4.68. The minimum absolute atomic E-state index is 0.156. The van der Waals surface area contributed by atoms with Crippen molar-refractivity contribution < 1.29 is 9.53 Å². The molecule has 0 bridgehead atoms. The van der Waals surface area contributed by atoms with Gasteiger partial charge in [-0.3, -0.25) is 0 Å². The van der Waals surface area contributed by atoms with E-state index in [1.54, 1.807) is 12.1 Å². The summed E-state index contributed by atoms with van der Waals surface area (Å²) in [6.45, 7) is 0. The van der Waals surface area contributed by atoms with Gasteiger partial charge in [0.05, 0.1) is 0 Å². The van der Waals surface area contributed by atoms with E-state index < -0.39 is 0 Å². The minimum atomic E-state index is -0.156. The number of benzene rings is 1. The van der Waals surface area contributed by atoms with E-state index in [-0.39, 0.29) is 3.99 Å². The second-order valence-electron chi connectivity index (χ2n) is 1.73. The van der Waals surface area contributed by atoms with Gasteiger partial charge in [-0.2, -0.15) is 0 Å². The molecule has 0 unspecified atom stereocenters. The molecule has 10 heavy (non-hydrogen) atoms. The molecule has 1 aromatic carbocycles. The fourth-order valence-corrected chi connectivity index (χ4v) is 0.993. The topological polar surface area (TPSA) is 26.3 Å². The van der Waals surface area contributed by atoms with E-state index in [9.17, 15) is 4.79 Å². The Balaban J connectivity index is 2.67. The first-order chi connectivity index (χ1) is 4.79. The van der Waals surface area contributed by atoms with Crippen molar-refractivity contribution in [3.05, 3.63) is 30.3 Å². The normalized spacial score (nSPS) is 8.90. The van der Waals surface area contributed by atoms with E-state index in [2.05, 4.69) is 0 Å². The van der Waals surface area contributed by atoms with E-state index in [1.165, 1.54) is 0 Å². The van der Waals surface area contributed by atoms with Crippen molar-refractivity contribution in [3.8, 4) is 5.75 Å². The van der Waals surface area contributed by atoms with Crippen LogP contribution in [0.4, 0.5) is 4.79 Å². The van der Waals surface area contributed by atoms with E-state index in [0.29, 0.717) is 28.3 Å². The first-order valence-electron chi connectivity index (χ1n) is 2.81. The third-order valence-electron chi connectivity index (χ3n) is 0.962. The summed E-state index contributed by atoms with van der Waals surface area (Å²) in [7, 11) is 0. The summed E-state index contributed by atoms with van der Waals surface area (Å²) in [6.07, 6.45) is 0. The van der Waals surface area contributed by atoms with Gasteiger partial charge in [0.1, 0.15) is 0 Å². The number of hydrogen-bond acceptors (Lipinski definition) is 2. The van der Waals surface area contributed by atoms with Crippen LogP contribution in [0.15, 0.2) is 30.3 Å². The molecule has 0 saturated carbocycles. The Labute approximate surface area is 72.3 Å². The van der Waals surface area contributed by atoms with Crippen LogP contribution in [0.5, 0.6) is 5.75 Å². The Bertz CT molecular complexity index is 220. The molecule has 0 aliphatic heterocycles. The molecular weight excluding hydrogens is 235 g/mol. The number of carbonyl (C=O) groups is 1. The van der Waals surface area contributed by atoms with Crippen molar-refractivity contribution in [1.82, 2.24) is 0 Å². The Morgan fingerprint density at radius 2 is 1.90 bits per heavy atom. The van der Waals surface area contributed by atoms with Crippen molar-refractivity contribution in [2.24, 2.45) is 0 Å². The second kappa shape index (κ2) is 3.61. The van der Waals surface area contributed by atoms with E-state index in [4.69, 9.17) is 4.74 Å². The molecule has 0 atom stereocenters. The maximum atomic E-state index is 10.4. The molecule has 0 aromatic heterocycles. The van der Waals surface area contributed by atoms with Crippen LogP contribution >= 0.6 is 0 Å². The average Bonchev–Trinajstić information content (AvgIpc) is 1.88. The number of para-hydroxylation sites is 1. The molecule has 0 spiro atoms. The Morgan fingerprint density at radius 3 is 2.40 bits per heavy atom. The van der Waals surface area contributed by atoms with Crippen molar-refractivity contribution >= 4 is 26.5 Å². The molecule has 1 aromatic rings. The summed E-state index contributed by atoms with van der Waals surface area (Å²) >= 11 is 0.503. The zero-order valence-electron chi connectivity index (χ0n) is 5.28. The fourth-order valence-electron chi connectivity index (χ4n) is 0.605.